The summed E-state index contributed by atoms with van der Waals surface area (Å²) in [5, 5.41) is 25.7. The van der Waals surface area contributed by atoms with Crippen LogP contribution in [0.1, 0.15) is 17.2 Å². The molecule has 2 rings (SSSR count). The minimum atomic E-state index is -0.0811. The summed E-state index contributed by atoms with van der Waals surface area (Å²) < 4.78 is 1.70. The highest BCUT2D eigenvalue weighted by Crippen LogP contribution is 2.12. The zero-order valence-electron chi connectivity index (χ0n) is 10.7. The molecule has 0 bridgehead atoms. The lowest BCUT2D eigenvalue weighted by molar-refractivity contribution is 0.243. The second-order valence-electron chi connectivity index (χ2n) is 4.36. The maximum absolute atomic E-state index is 9.43. The summed E-state index contributed by atoms with van der Waals surface area (Å²) in [4.78, 5) is 0. The second-order valence-corrected chi connectivity index (χ2v) is 4.36. The van der Waals surface area contributed by atoms with Gasteiger partial charge in [-0.15, -0.1) is 0 Å². The molecule has 0 aliphatic rings. The summed E-state index contributed by atoms with van der Waals surface area (Å²) in [6.45, 7) is 1.26. The fourth-order valence-corrected chi connectivity index (χ4v) is 1.94. The molecule has 2 aromatic rings. The van der Waals surface area contributed by atoms with Crippen molar-refractivity contribution in [1.29, 1.82) is 0 Å². The van der Waals surface area contributed by atoms with Gasteiger partial charge in [-0.25, -0.2) is 0 Å². The van der Waals surface area contributed by atoms with Crippen molar-refractivity contribution in [2.75, 3.05) is 13.2 Å². The van der Waals surface area contributed by atoms with Gasteiger partial charge >= 0.3 is 0 Å². The van der Waals surface area contributed by atoms with E-state index in [1.807, 2.05) is 36.5 Å². The average Bonchev–Trinajstić information content (AvgIpc) is 2.89. The maximum Gasteiger partial charge on any atom is 0.0640 e. The SMILES string of the molecule is OCCn1cc(CN[C@@H](CO)c2ccccc2)cn1. The third-order valence-electron chi connectivity index (χ3n) is 2.95. The largest absolute Gasteiger partial charge is 0.394 e. The molecule has 0 spiro atoms. The Hall–Kier alpha value is -1.69. The molecule has 3 N–H and O–H groups in total. The molecule has 1 atom stereocenters. The minimum Gasteiger partial charge on any atom is -0.394 e. The second kappa shape index (κ2) is 7.04. The highest BCUT2D eigenvalue weighted by Gasteiger charge is 2.09. The van der Waals surface area contributed by atoms with E-state index < -0.39 is 0 Å². The van der Waals surface area contributed by atoms with Crippen LogP contribution >= 0.6 is 0 Å². The van der Waals surface area contributed by atoms with Gasteiger partial charge in [0.2, 0.25) is 0 Å². The molecule has 0 fully saturated rings. The molecule has 1 aromatic heterocycles. The number of aliphatic hydroxyl groups excluding tert-OH is 2. The van der Waals surface area contributed by atoms with Gasteiger partial charge in [-0.3, -0.25) is 4.68 Å². The normalized spacial score (nSPS) is 12.5. The van der Waals surface area contributed by atoms with Crippen LogP contribution in [0.5, 0.6) is 0 Å². The van der Waals surface area contributed by atoms with Gasteiger partial charge in [0.25, 0.3) is 0 Å². The third kappa shape index (κ3) is 3.89. The first kappa shape index (κ1) is 13.7. The summed E-state index contributed by atoms with van der Waals surface area (Å²) in [6, 6.07) is 9.77. The molecule has 0 saturated carbocycles. The molecule has 1 aromatic carbocycles. The van der Waals surface area contributed by atoms with Crippen molar-refractivity contribution in [3.8, 4) is 0 Å². The Labute approximate surface area is 112 Å². The van der Waals surface area contributed by atoms with E-state index in [2.05, 4.69) is 10.4 Å². The summed E-state index contributed by atoms with van der Waals surface area (Å²) in [7, 11) is 0. The molecule has 5 nitrogen and oxygen atoms in total. The van der Waals surface area contributed by atoms with E-state index in [1.54, 1.807) is 10.9 Å². The van der Waals surface area contributed by atoms with E-state index in [9.17, 15) is 5.11 Å². The monoisotopic (exact) mass is 261 g/mol. The Bertz CT molecular complexity index is 484. The zero-order valence-corrected chi connectivity index (χ0v) is 10.7. The highest BCUT2D eigenvalue weighted by molar-refractivity contribution is 5.19. The van der Waals surface area contributed by atoms with Crippen molar-refractivity contribution >= 4 is 0 Å². The molecular weight excluding hydrogens is 242 g/mol. The summed E-state index contributed by atoms with van der Waals surface area (Å²) in [5.41, 5.74) is 2.09. The van der Waals surface area contributed by atoms with Crippen LogP contribution in [0.15, 0.2) is 42.7 Å². The summed E-state index contributed by atoms with van der Waals surface area (Å²) in [6.07, 6.45) is 3.66. The fourth-order valence-electron chi connectivity index (χ4n) is 1.94. The van der Waals surface area contributed by atoms with Crippen LogP contribution in [0.2, 0.25) is 0 Å². The smallest absolute Gasteiger partial charge is 0.0640 e. The van der Waals surface area contributed by atoms with E-state index in [0.29, 0.717) is 13.1 Å². The Morgan fingerprint density at radius 2 is 2.00 bits per heavy atom. The van der Waals surface area contributed by atoms with Gasteiger partial charge in [0, 0.05) is 18.3 Å². The predicted octanol–water partition coefficient (Wildman–Crippen LogP) is 0.699. The molecule has 0 aliphatic heterocycles. The fraction of sp³-hybridized carbons (Fsp3) is 0.357. The lowest BCUT2D eigenvalue weighted by Crippen LogP contribution is -2.23. The van der Waals surface area contributed by atoms with Crippen molar-refractivity contribution in [1.82, 2.24) is 15.1 Å². The van der Waals surface area contributed by atoms with Crippen molar-refractivity contribution in [3.63, 3.8) is 0 Å². The Kier molecular flexibility index (Phi) is 5.09. The number of hydrogen-bond acceptors (Lipinski definition) is 4. The standard InChI is InChI=1S/C14H19N3O2/c18-7-6-17-10-12(9-16-17)8-15-14(11-19)13-4-2-1-3-5-13/h1-5,9-10,14-15,18-19H,6-8,11H2/t14-/m0/s1. The Balaban J connectivity index is 1.92. The molecule has 0 saturated heterocycles. The topological polar surface area (TPSA) is 70.3 Å². The molecule has 19 heavy (non-hydrogen) atoms. The molecule has 102 valence electrons. The van der Waals surface area contributed by atoms with Crippen molar-refractivity contribution < 1.29 is 10.2 Å². The van der Waals surface area contributed by atoms with Crippen LogP contribution < -0.4 is 5.32 Å². The van der Waals surface area contributed by atoms with Crippen LogP contribution in [0.4, 0.5) is 0 Å². The molecule has 5 heteroatoms. The zero-order chi connectivity index (χ0) is 13.5. The third-order valence-corrected chi connectivity index (χ3v) is 2.95. The first-order valence-corrected chi connectivity index (χ1v) is 6.35. The quantitative estimate of drug-likeness (QED) is 0.686. The van der Waals surface area contributed by atoms with Gasteiger partial charge in [-0.2, -0.15) is 5.10 Å². The van der Waals surface area contributed by atoms with E-state index in [0.717, 1.165) is 11.1 Å². The molecular formula is C14H19N3O2. The molecule has 0 aliphatic carbocycles. The number of benzene rings is 1. The van der Waals surface area contributed by atoms with E-state index in [1.165, 1.54) is 0 Å². The van der Waals surface area contributed by atoms with Crippen molar-refractivity contribution in [2.45, 2.75) is 19.1 Å². The summed E-state index contributed by atoms with van der Waals surface area (Å²) >= 11 is 0. The summed E-state index contributed by atoms with van der Waals surface area (Å²) in [5.74, 6) is 0. The van der Waals surface area contributed by atoms with Gasteiger partial charge in [0.05, 0.1) is 32.0 Å². The van der Waals surface area contributed by atoms with Crippen molar-refractivity contribution in [3.05, 3.63) is 53.9 Å². The molecule has 0 unspecified atom stereocenters. The van der Waals surface area contributed by atoms with Gasteiger partial charge in [0.15, 0.2) is 0 Å². The number of nitrogens with one attached hydrogen (secondary N) is 1. The maximum atomic E-state index is 9.43. The van der Waals surface area contributed by atoms with Crippen LogP contribution in [0.25, 0.3) is 0 Å². The van der Waals surface area contributed by atoms with Gasteiger partial charge < -0.3 is 15.5 Å². The highest BCUT2D eigenvalue weighted by atomic mass is 16.3. The van der Waals surface area contributed by atoms with Crippen LogP contribution in [-0.4, -0.2) is 33.2 Å². The number of nitrogens with zero attached hydrogens (tertiary/aromatic N) is 2. The van der Waals surface area contributed by atoms with Gasteiger partial charge in [-0.05, 0) is 5.56 Å². The van der Waals surface area contributed by atoms with E-state index in [-0.39, 0.29) is 19.3 Å². The number of rotatable bonds is 7. The van der Waals surface area contributed by atoms with Crippen LogP contribution in [0.3, 0.4) is 0 Å². The van der Waals surface area contributed by atoms with Gasteiger partial charge in [0.1, 0.15) is 0 Å². The first-order valence-electron chi connectivity index (χ1n) is 6.35. The number of aromatic nitrogens is 2. The number of aliphatic hydroxyl groups is 2. The van der Waals surface area contributed by atoms with Crippen LogP contribution in [-0.2, 0) is 13.1 Å². The molecule has 0 amide bonds. The average molecular weight is 261 g/mol. The lowest BCUT2D eigenvalue weighted by Gasteiger charge is -2.15. The van der Waals surface area contributed by atoms with E-state index in [4.69, 9.17) is 5.11 Å². The Morgan fingerprint density at radius 3 is 2.68 bits per heavy atom. The molecule has 1 heterocycles. The lowest BCUT2D eigenvalue weighted by atomic mass is 10.1. The molecule has 0 radical (unpaired) electrons. The van der Waals surface area contributed by atoms with Crippen molar-refractivity contribution in [2.24, 2.45) is 0 Å². The van der Waals surface area contributed by atoms with Crippen LogP contribution in [0, 0.1) is 0 Å². The Morgan fingerprint density at radius 1 is 1.21 bits per heavy atom. The van der Waals surface area contributed by atoms with Gasteiger partial charge in [-0.1, -0.05) is 30.3 Å². The predicted molar refractivity (Wildman–Crippen MR) is 72.4 cm³/mol. The number of hydrogen-bond donors (Lipinski definition) is 3. The van der Waals surface area contributed by atoms with E-state index >= 15 is 0 Å². The minimum absolute atomic E-state index is 0.0504. The first-order chi connectivity index (χ1) is 9.33.